The van der Waals surface area contributed by atoms with Gasteiger partial charge < -0.3 is 14.5 Å². The average Bonchev–Trinajstić information content (AvgIpc) is 2.89. The Morgan fingerprint density at radius 2 is 1.68 bits per heavy atom. The third-order valence-electron chi connectivity index (χ3n) is 3.68. The Morgan fingerprint density at radius 1 is 1.09 bits per heavy atom. The van der Waals surface area contributed by atoms with Crippen LogP contribution in [0.5, 0.6) is 5.75 Å². The summed E-state index contributed by atoms with van der Waals surface area (Å²) < 4.78 is 10.2. The fourth-order valence-corrected chi connectivity index (χ4v) is 2.58. The Labute approximate surface area is 138 Å². The van der Waals surface area contributed by atoms with Crippen LogP contribution < -0.4 is 4.74 Å². The fourth-order valence-electron chi connectivity index (χ4n) is 2.34. The molecule has 0 bridgehead atoms. The lowest BCUT2D eigenvalue weighted by atomic mass is 10.1. The molecule has 1 heterocycles. The average molecular weight is 330 g/mol. The van der Waals surface area contributed by atoms with Crippen molar-refractivity contribution in [1.29, 1.82) is 0 Å². The molecule has 22 heavy (non-hydrogen) atoms. The maximum absolute atomic E-state index is 11.4. The molecule has 0 aliphatic heterocycles. The first-order valence-electron chi connectivity index (χ1n) is 8.28. The molecule has 0 atom stereocenters. The van der Waals surface area contributed by atoms with E-state index in [1.54, 1.807) is 6.20 Å². The van der Waals surface area contributed by atoms with Crippen LogP contribution in [0.2, 0.25) is 5.02 Å². The van der Waals surface area contributed by atoms with Gasteiger partial charge in [-0.1, -0.05) is 69.9 Å². The molecule has 0 aliphatic carbocycles. The van der Waals surface area contributed by atoms with Crippen LogP contribution in [0.25, 0.3) is 0 Å². The number of H-pyrrole nitrogens is 1. The van der Waals surface area contributed by atoms with Gasteiger partial charge in [0, 0.05) is 6.20 Å². The van der Waals surface area contributed by atoms with Crippen molar-refractivity contribution < 1.29 is 14.3 Å². The molecule has 0 spiro atoms. The minimum atomic E-state index is -0.483. The maximum atomic E-state index is 11.4. The lowest BCUT2D eigenvalue weighted by molar-refractivity contribution is 0.0595. The second-order valence-electron chi connectivity index (χ2n) is 5.51. The number of hydrogen-bond donors (Lipinski definition) is 1. The molecule has 0 saturated heterocycles. The summed E-state index contributed by atoms with van der Waals surface area (Å²) in [6, 6.07) is 0. The van der Waals surface area contributed by atoms with E-state index < -0.39 is 5.97 Å². The van der Waals surface area contributed by atoms with Crippen molar-refractivity contribution in [2.24, 2.45) is 0 Å². The predicted molar refractivity (Wildman–Crippen MR) is 89.9 cm³/mol. The lowest BCUT2D eigenvalue weighted by Gasteiger charge is -2.05. The molecule has 0 aliphatic rings. The summed E-state index contributed by atoms with van der Waals surface area (Å²) in [4.78, 5) is 14.2. The zero-order chi connectivity index (χ0) is 16.2. The van der Waals surface area contributed by atoms with E-state index in [1.165, 1.54) is 58.5 Å². The Balaban J connectivity index is 2.08. The number of aromatic amines is 1. The van der Waals surface area contributed by atoms with Crippen LogP contribution in [0.4, 0.5) is 0 Å². The highest BCUT2D eigenvalue weighted by molar-refractivity contribution is 6.34. The van der Waals surface area contributed by atoms with Gasteiger partial charge in [-0.25, -0.2) is 4.79 Å². The van der Waals surface area contributed by atoms with Gasteiger partial charge in [0.2, 0.25) is 0 Å². The monoisotopic (exact) mass is 329 g/mol. The number of nitrogens with one attached hydrogen (secondary N) is 1. The minimum Gasteiger partial charge on any atom is -0.490 e. The van der Waals surface area contributed by atoms with Gasteiger partial charge in [-0.15, -0.1) is 0 Å². The highest BCUT2D eigenvalue weighted by Crippen LogP contribution is 2.28. The van der Waals surface area contributed by atoms with Gasteiger partial charge >= 0.3 is 5.97 Å². The van der Waals surface area contributed by atoms with Crippen molar-refractivity contribution >= 4 is 17.6 Å². The van der Waals surface area contributed by atoms with E-state index in [0.29, 0.717) is 17.4 Å². The zero-order valence-corrected chi connectivity index (χ0v) is 14.5. The zero-order valence-electron chi connectivity index (χ0n) is 13.8. The van der Waals surface area contributed by atoms with E-state index in [2.05, 4.69) is 16.6 Å². The number of carbonyl (C=O) groups is 1. The number of halogens is 1. The van der Waals surface area contributed by atoms with Crippen LogP contribution in [-0.4, -0.2) is 24.7 Å². The molecule has 126 valence electrons. The number of ether oxygens (including phenoxy) is 2. The van der Waals surface area contributed by atoms with Gasteiger partial charge in [0.15, 0.2) is 5.75 Å². The van der Waals surface area contributed by atoms with E-state index in [-0.39, 0.29) is 5.69 Å². The highest BCUT2D eigenvalue weighted by Gasteiger charge is 2.17. The van der Waals surface area contributed by atoms with Crippen molar-refractivity contribution in [3.05, 3.63) is 16.9 Å². The van der Waals surface area contributed by atoms with Crippen LogP contribution in [0.1, 0.15) is 75.2 Å². The number of unbranched alkanes of at least 4 members (excludes halogenated alkanes) is 8. The Morgan fingerprint density at radius 3 is 2.27 bits per heavy atom. The molecular weight excluding hydrogens is 302 g/mol. The minimum absolute atomic E-state index is 0.242. The maximum Gasteiger partial charge on any atom is 0.356 e. The lowest BCUT2D eigenvalue weighted by Crippen LogP contribution is -2.02. The molecule has 0 saturated carbocycles. The van der Waals surface area contributed by atoms with Crippen molar-refractivity contribution in [2.45, 2.75) is 64.7 Å². The normalized spacial score (nSPS) is 10.7. The molecule has 0 aromatic carbocycles. The summed E-state index contributed by atoms with van der Waals surface area (Å²) in [6.45, 7) is 2.86. The second-order valence-corrected chi connectivity index (χ2v) is 5.89. The van der Waals surface area contributed by atoms with Gasteiger partial charge in [0.1, 0.15) is 10.7 Å². The summed E-state index contributed by atoms with van der Waals surface area (Å²) in [6.07, 6.45) is 13.1. The molecule has 0 unspecified atom stereocenters. The van der Waals surface area contributed by atoms with Crippen LogP contribution in [0.15, 0.2) is 6.20 Å². The first kappa shape index (κ1) is 18.9. The summed E-state index contributed by atoms with van der Waals surface area (Å²) >= 11 is 6.06. The molecule has 5 heteroatoms. The van der Waals surface area contributed by atoms with Gasteiger partial charge in [-0.2, -0.15) is 0 Å². The summed E-state index contributed by atoms with van der Waals surface area (Å²) in [7, 11) is 1.32. The number of hydrogen-bond acceptors (Lipinski definition) is 3. The molecular formula is C17H28ClNO3. The Hall–Kier alpha value is -1.16. The highest BCUT2D eigenvalue weighted by atomic mass is 35.5. The summed E-state index contributed by atoms with van der Waals surface area (Å²) in [5, 5.41) is 0.294. The van der Waals surface area contributed by atoms with Crippen LogP contribution in [-0.2, 0) is 4.74 Å². The molecule has 1 N–H and O–H groups in total. The van der Waals surface area contributed by atoms with Crippen LogP contribution in [0.3, 0.4) is 0 Å². The van der Waals surface area contributed by atoms with Gasteiger partial charge in [-0.3, -0.25) is 0 Å². The molecule has 4 nitrogen and oxygen atoms in total. The fraction of sp³-hybridized carbons (Fsp3) is 0.706. The summed E-state index contributed by atoms with van der Waals surface area (Å²) in [5.41, 5.74) is 0.242. The second kappa shape index (κ2) is 11.4. The number of rotatable bonds is 12. The Bertz CT molecular complexity index is 432. The molecule has 1 aromatic heterocycles. The topological polar surface area (TPSA) is 51.3 Å². The number of carbonyl (C=O) groups excluding carboxylic acids is 1. The first-order valence-corrected chi connectivity index (χ1v) is 8.66. The van der Waals surface area contributed by atoms with E-state index in [1.807, 2.05) is 0 Å². The standard InChI is InChI=1S/C17H28ClNO3/c1-3-4-5-6-7-8-9-10-11-12-22-14-13-19-16(15(14)18)17(20)21-2/h13,19H,3-12H2,1-2H3. The predicted octanol–water partition coefficient (Wildman–Crippen LogP) is 5.36. The van der Waals surface area contributed by atoms with Crippen molar-refractivity contribution in [2.75, 3.05) is 13.7 Å². The third kappa shape index (κ3) is 6.73. The van der Waals surface area contributed by atoms with Crippen LogP contribution >= 0.6 is 11.6 Å². The quantitative estimate of drug-likeness (QED) is 0.414. The van der Waals surface area contributed by atoms with Gasteiger partial charge in [-0.05, 0) is 6.42 Å². The van der Waals surface area contributed by atoms with Crippen molar-refractivity contribution in [3.8, 4) is 5.75 Å². The molecule has 0 amide bonds. The van der Waals surface area contributed by atoms with Crippen LogP contribution in [0, 0.1) is 0 Å². The van der Waals surface area contributed by atoms with Gasteiger partial charge in [0.25, 0.3) is 0 Å². The molecule has 1 aromatic rings. The largest absolute Gasteiger partial charge is 0.490 e. The number of aromatic nitrogens is 1. The first-order chi connectivity index (χ1) is 10.7. The molecule has 0 radical (unpaired) electrons. The Kier molecular flexibility index (Phi) is 9.80. The smallest absolute Gasteiger partial charge is 0.356 e. The number of methoxy groups -OCH3 is 1. The SMILES string of the molecule is CCCCCCCCCCCOc1c[nH]c(C(=O)OC)c1Cl. The molecule has 1 rings (SSSR count). The summed E-state index contributed by atoms with van der Waals surface area (Å²) in [5.74, 6) is 0.0320. The van der Waals surface area contributed by atoms with Crippen molar-refractivity contribution in [1.82, 2.24) is 4.98 Å². The van der Waals surface area contributed by atoms with E-state index in [0.717, 1.165) is 6.42 Å². The van der Waals surface area contributed by atoms with E-state index >= 15 is 0 Å². The van der Waals surface area contributed by atoms with Crippen molar-refractivity contribution in [3.63, 3.8) is 0 Å². The van der Waals surface area contributed by atoms with E-state index in [9.17, 15) is 4.79 Å². The van der Waals surface area contributed by atoms with Gasteiger partial charge in [0.05, 0.1) is 13.7 Å². The number of esters is 1. The molecule has 0 fully saturated rings. The third-order valence-corrected chi connectivity index (χ3v) is 4.05. The van der Waals surface area contributed by atoms with E-state index in [4.69, 9.17) is 16.3 Å².